The normalized spacial score (nSPS) is 12.3. The third-order valence-electron chi connectivity index (χ3n) is 2.31. The molecule has 0 aliphatic carbocycles. The van der Waals surface area contributed by atoms with Crippen molar-refractivity contribution in [2.45, 2.75) is 10.6 Å². The van der Waals surface area contributed by atoms with Crippen molar-refractivity contribution in [2.75, 3.05) is 0 Å². The maximum atomic E-state index is 12.7. The molecule has 2 aromatic carbocycles. The van der Waals surface area contributed by atoms with Gasteiger partial charge in [0.2, 0.25) is 0 Å². The number of hydrogen-bond donors (Lipinski definition) is 1. The van der Waals surface area contributed by atoms with Crippen LogP contribution in [0.2, 0.25) is 0 Å². The summed E-state index contributed by atoms with van der Waals surface area (Å²) >= 11 is 0. The van der Waals surface area contributed by atoms with Gasteiger partial charge in [0.25, 0.3) is 0 Å². The van der Waals surface area contributed by atoms with Crippen molar-refractivity contribution in [3.63, 3.8) is 0 Å². The quantitative estimate of drug-likeness (QED) is 0.909. The predicted octanol–water partition coefficient (Wildman–Crippen LogP) is 2.84. The standard InChI is InChI=1S/C13H11FO2S/c14-11-3-7-13(8-4-11)17(16)9-10-1-5-12(15)6-2-10/h1-8,15H,9H2. The van der Waals surface area contributed by atoms with Crippen LogP contribution in [-0.2, 0) is 16.6 Å². The number of aromatic hydroxyl groups is 1. The highest BCUT2D eigenvalue weighted by atomic mass is 32.2. The van der Waals surface area contributed by atoms with Crippen LogP contribution in [0.5, 0.6) is 5.75 Å². The molecule has 0 saturated carbocycles. The maximum Gasteiger partial charge on any atom is 0.123 e. The first-order chi connectivity index (χ1) is 8.15. The lowest BCUT2D eigenvalue weighted by Gasteiger charge is -2.03. The van der Waals surface area contributed by atoms with Gasteiger partial charge in [-0.3, -0.25) is 4.21 Å². The highest BCUT2D eigenvalue weighted by molar-refractivity contribution is 7.84. The van der Waals surface area contributed by atoms with Crippen LogP contribution in [0.15, 0.2) is 53.4 Å². The van der Waals surface area contributed by atoms with Gasteiger partial charge in [-0.05, 0) is 42.0 Å². The third-order valence-corrected chi connectivity index (χ3v) is 3.70. The zero-order valence-electron chi connectivity index (χ0n) is 8.97. The Morgan fingerprint density at radius 1 is 1.00 bits per heavy atom. The van der Waals surface area contributed by atoms with E-state index in [0.717, 1.165) is 5.56 Å². The van der Waals surface area contributed by atoms with Crippen LogP contribution >= 0.6 is 0 Å². The second-order valence-corrected chi connectivity index (χ2v) is 5.06. The zero-order chi connectivity index (χ0) is 12.3. The molecule has 0 bridgehead atoms. The minimum absolute atomic E-state index is 0.182. The van der Waals surface area contributed by atoms with Crippen molar-refractivity contribution < 1.29 is 13.7 Å². The lowest BCUT2D eigenvalue weighted by Crippen LogP contribution is -1.96. The van der Waals surface area contributed by atoms with Crippen molar-refractivity contribution in [1.82, 2.24) is 0 Å². The minimum Gasteiger partial charge on any atom is -0.508 e. The molecule has 0 aliphatic heterocycles. The summed E-state index contributed by atoms with van der Waals surface area (Å²) in [5.74, 6) is 0.197. The van der Waals surface area contributed by atoms with Gasteiger partial charge in [0.05, 0.1) is 16.6 Å². The molecule has 0 saturated heterocycles. The number of benzene rings is 2. The molecular weight excluding hydrogens is 239 g/mol. The Kier molecular flexibility index (Phi) is 3.54. The minimum atomic E-state index is -1.20. The largest absolute Gasteiger partial charge is 0.508 e. The van der Waals surface area contributed by atoms with Gasteiger partial charge in [0.15, 0.2) is 0 Å². The Balaban J connectivity index is 2.11. The van der Waals surface area contributed by atoms with Gasteiger partial charge in [0.1, 0.15) is 11.6 Å². The van der Waals surface area contributed by atoms with E-state index in [1.807, 2.05) is 0 Å². The van der Waals surface area contributed by atoms with E-state index >= 15 is 0 Å². The van der Waals surface area contributed by atoms with Crippen molar-refractivity contribution in [1.29, 1.82) is 0 Å². The van der Waals surface area contributed by atoms with Gasteiger partial charge in [-0.25, -0.2) is 4.39 Å². The summed E-state index contributed by atoms with van der Waals surface area (Å²) < 4.78 is 24.6. The zero-order valence-corrected chi connectivity index (χ0v) is 9.78. The molecule has 4 heteroatoms. The summed E-state index contributed by atoms with van der Waals surface area (Å²) in [6.45, 7) is 0. The summed E-state index contributed by atoms with van der Waals surface area (Å²) in [6.07, 6.45) is 0. The third kappa shape index (κ3) is 3.14. The molecular formula is C13H11FO2S. The second-order valence-electron chi connectivity index (χ2n) is 3.61. The maximum absolute atomic E-state index is 12.7. The number of rotatable bonds is 3. The highest BCUT2D eigenvalue weighted by Crippen LogP contribution is 2.15. The van der Waals surface area contributed by atoms with Crippen molar-refractivity contribution in [3.05, 3.63) is 59.9 Å². The summed E-state index contributed by atoms with van der Waals surface area (Å²) in [5.41, 5.74) is 0.866. The lowest BCUT2D eigenvalue weighted by atomic mass is 10.2. The predicted molar refractivity (Wildman–Crippen MR) is 64.6 cm³/mol. The molecule has 2 nitrogen and oxygen atoms in total. The lowest BCUT2D eigenvalue weighted by molar-refractivity contribution is 0.475. The van der Waals surface area contributed by atoms with Crippen LogP contribution in [0, 0.1) is 5.82 Å². The Labute approximate surface area is 101 Å². The van der Waals surface area contributed by atoms with E-state index in [-0.39, 0.29) is 11.6 Å². The first-order valence-corrected chi connectivity index (χ1v) is 6.39. The van der Waals surface area contributed by atoms with Crippen LogP contribution in [0.3, 0.4) is 0 Å². The van der Waals surface area contributed by atoms with E-state index in [1.165, 1.54) is 24.3 Å². The summed E-state index contributed by atoms with van der Waals surface area (Å²) in [6, 6.07) is 12.2. The number of hydrogen-bond acceptors (Lipinski definition) is 2. The fraction of sp³-hybridized carbons (Fsp3) is 0.0769. The summed E-state index contributed by atoms with van der Waals surface area (Å²) in [7, 11) is -1.20. The van der Waals surface area contributed by atoms with Crippen molar-refractivity contribution in [2.24, 2.45) is 0 Å². The molecule has 0 fully saturated rings. The molecule has 0 amide bonds. The molecule has 1 N–H and O–H groups in total. The van der Waals surface area contributed by atoms with Crippen LogP contribution in [0.1, 0.15) is 5.56 Å². The van der Waals surface area contributed by atoms with E-state index < -0.39 is 10.8 Å². The summed E-state index contributed by atoms with van der Waals surface area (Å²) in [4.78, 5) is 0.597. The van der Waals surface area contributed by atoms with Crippen molar-refractivity contribution >= 4 is 10.8 Å². The molecule has 2 rings (SSSR count). The first-order valence-electron chi connectivity index (χ1n) is 5.07. The molecule has 2 aromatic rings. The number of halogens is 1. The van der Waals surface area contributed by atoms with E-state index in [2.05, 4.69) is 0 Å². The average molecular weight is 250 g/mol. The summed E-state index contributed by atoms with van der Waals surface area (Å²) in [5, 5.41) is 9.12. The molecule has 1 unspecified atom stereocenters. The number of phenolic OH excluding ortho intramolecular Hbond substituents is 1. The fourth-order valence-corrected chi connectivity index (χ4v) is 2.51. The van der Waals surface area contributed by atoms with E-state index in [1.54, 1.807) is 24.3 Å². The second kappa shape index (κ2) is 5.10. The van der Waals surface area contributed by atoms with Crippen LogP contribution < -0.4 is 0 Å². The Morgan fingerprint density at radius 3 is 2.18 bits per heavy atom. The van der Waals surface area contributed by atoms with Gasteiger partial charge in [0, 0.05) is 4.90 Å². The van der Waals surface area contributed by atoms with Gasteiger partial charge >= 0.3 is 0 Å². The topological polar surface area (TPSA) is 37.3 Å². The molecule has 0 aromatic heterocycles. The van der Waals surface area contributed by atoms with Gasteiger partial charge in [-0.15, -0.1) is 0 Å². The molecule has 0 radical (unpaired) electrons. The Bertz CT molecular complexity index is 520. The average Bonchev–Trinajstić information content (AvgIpc) is 2.33. The SMILES string of the molecule is O=S(Cc1ccc(O)cc1)c1ccc(F)cc1. The van der Waals surface area contributed by atoms with Crippen LogP contribution in [0.25, 0.3) is 0 Å². The monoisotopic (exact) mass is 250 g/mol. The molecule has 0 aliphatic rings. The van der Waals surface area contributed by atoms with Crippen LogP contribution in [0.4, 0.5) is 4.39 Å². The molecule has 17 heavy (non-hydrogen) atoms. The smallest absolute Gasteiger partial charge is 0.123 e. The molecule has 88 valence electrons. The van der Waals surface area contributed by atoms with E-state index in [9.17, 15) is 8.60 Å². The van der Waals surface area contributed by atoms with Gasteiger partial charge in [-0.2, -0.15) is 0 Å². The molecule has 0 heterocycles. The molecule has 1 atom stereocenters. The van der Waals surface area contributed by atoms with Crippen molar-refractivity contribution in [3.8, 4) is 5.75 Å². The highest BCUT2D eigenvalue weighted by Gasteiger charge is 2.05. The fourth-order valence-electron chi connectivity index (χ4n) is 1.41. The Hall–Kier alpha value is -1.68. The van der Waals surface area contributed by atoms with E-state index in [4.69, 9.17) is 5.11 Å². The van der Waals surface area contributed by atoms with Gasteiger partial charge < -0.3 is 5.11 Å². The van der Waals surface area contributed by atoms with Gasteiger partial charge in [-0.1, -0.05) is 12.1 Å². The number of phenols is 1. The van der Waals surface area contributed by atoms with E-state index in [0.29, 0.717) is 10.6 Å². The first kappa shape index (κ1) is 11.8. The molecule has 0 spiro atoms. The van der Waals surface area contributed by atoms with Crippen LogP contribution in [-0.4, -0.2) is 9.32 Å². The Morgan fingerprint density at radius 2 is 1.59 bits per heavy atom.